The molecule has 1 aliphatic heterocycles. The highest BCUT2D eigenvalue weighted by molar-refractivity contribution is 5.94. The molecule has 1 atom stereocenters. The number of ether oxygens (including phenoxy) is 1. The van der Waals surface area contributed by atoms with Crippen molar-refractivity contribution in [1.82, 2.24) is 10.2 Å². The van der Waals surface area contributed by atoms with E-state index in [4.69, 9.17) is 4.74 Å². The van der Waals surface area contributed by atoms with Gasteiger partial charge >= 0.3 is 0 Å². The van der Waals surface area contributed by atoms with Crippen molar-refractivity contribution in [3.63, 3.8) is 0 Å². The third kappa shape index (κ3) is 3.83. The first-order valence-corrected chi connectivity index (χ1v) is 9.40. The van der Waals surface area contributed by atoms with Crippen molar-refractivity contribution < 1.29 is 14.3 Å². The fraction of sp³-hybridized carbons (Fsp3) is 0.524. The van der Waals surface area contributed by atoms with Gasteiger partial charge in [0.05, 0.1) is 6.61 Å². The van der Waals surface area contributed by atoms with E-state index >= 15 is 0 Å². The number of piperidine rings is 1. The summed E-state index contributed by atoms with van der Waals surface area (Å²) in [7, 11) is 1.65. The average molecular weight is 356 g/mol. The second-order valence-electron chi connectivity index (χ2n) is 7.35. The van der Waals surface area contributed by atoms with Crippen LogP contribution < -0.4 is 5.32 Å². The lowest BCUT2D eigenvalue weighted by atomic mass is 9.69. The number of amides is 2. The zero-order valence-corrected chi connectivity index (χ0v) is 15.7. The van der Waals surface area contributed by atoms with Gasteiger partial charge in [0, 0.05) is 43.3 Å². The lowest BCUT2D eigenvalue weighted by molar-refractivity contribution is -0.134. The number of benzene rings is 1. The molecule has 1 aromatic carbocycles. The summed E-state index contributed by atoms with van der Waals surface area (Å²) >= 11 is 0. The number of carbonyl (C=O) groups excluding carboxylic acids is 2. The van der Waals surface area contributed by atoms with Crippen molar-refractivity contribution in [3.8, 4) is 0 Å². The molecular formula is C21H28N2O3. The second kappa shape index (κ2) is 8.04. The van der Waals surface area contributed by atoms with Crippen LogP contribution in [0.15, 0.2) is 36.0 Å². The Balaban J connectivity index is 1.76. The van der Waals surface area contributed by atoms with E-state index in [1.165, 1.54) is 0 Å². The summed E-state index contributed by atoms with van der Waals surface area (Å²) in [4.78, 5) is 26.9. The molecule has 0 aromatic heterocycles. The Morgan fingerprint density at radius 2 is 2.19 bits per heavy atom. The van der Waals surface area contributed by atoms with E-state index in [9.17, 15) is 9.59 Å². The smallest absolute Gasteiger partial charge is 0.251 e. The number of allylic oxidation sites excluding steroid dienone is 1. The van der Waals surface area contributed by atoms with Gasteiger partial charge in [0.15, 0.2) is 0 Å². The number of carbonyl (C=O) groups is 2. The molecule has 0 spiro atoms. The van der Waals surface area contributed by atoms with Crippen molar-refractivity contribution in [3.05, 3.63) is 47.2 Å². The highest BCUT2D eigenvalue weighted by Gasteiger charge is 2.44. The topological polar surface area (TPSA) is 58.6 Å². The van der Waals surface area contributed by atoms with E-state index in [2.05, 4.69) is 11.4 Å². The van der Waals surface area contributed by atoms with Gasteiger partial charge in [-0.1, -0.05) is 23.8 Å². The van der Waals surface area contributed by atoms with Crippen LogP contribution in [0.1, 0.15) is 48.0 Å². The molecule has 0 radical (unpaired) electrons. The molecule has 26 heavy (non-hydrogen) atoms. The van der Waals surface area contributed by atoms with E-state index in [1.54, 1.807) is 7.11 Å². The number of aryl methyl sites for hydroxylation is 1. The van der Waals surface area contributed by atoms with Crippen LogP contribution in [-0.4, -0.2) is 43.5 Å². The predicted molar refractivity (Wildman–Crippen MR) is 101 cm³/mol. The first kappa shape index (κ1) is 18.6. The van der Waals surface area contributed by atoms with Crippen LogP contribution >= 0.6 is 0 Å². The van der Waals surface area contributed by atoms with Crippen molar-refractivity contribution in [2.75, 3.05) is 26.8 Å². The van der Waals surface area contributed by atoms with Gasteiger partial charge in [0.2, 0.25) is 5.91 Å². The maximum Gasteiger partial charge on any atom is 0.251 e. The molecule has 5 nitrogen and oxygen atoms in total. The van der Waals surface area contributed by atoms with Crippen LogP contribution in [0.2, 0.25) is 0 Å². The Morgan fingerprint density at radius 1 is 1.35 bits per heavy atom. The van der Waals surface area contributed by atoms with E-state index < -0.39 is 0 Å². The van der Waals surface area contributed by atoms with Crippen molar-refractivity contribution >= 4 is 11.8 Å². The zero-order chi connectivity index (χ0) is 18.6. The van der Waals surface area contributed by atoms with Crippen LogP contribution in [0.5, 0.6) is 0 Å². The van der Waals surface area contributed by atoms with Crippen LogP contribution in [0.3, 0.4) is 0 Å². The largest absolute Gasteiger partial charge is 0.383 e. The SMILES string of the molecule is COCCN1C(=O)CCC2(CNC(=O)c3cccc(C)c3)CCCC=C12. The summed E-state index contributed by atoms with van der Waals surface area (Å²) in [5, 5.41) is 3.13. The highest BCUT2D eigenvalue weighted by atomic mass is 16.5. The van der Waals surface area contributed by atoms with Gasteiger partial charge in [-0.2, -0.15) is 0 Å². The summed E-state index contributed by atoms with van der Waals surface area (Å²) in [6.45, 7) is 3.66. The Hall–Kier alpha value is -2.14. The van der Waals surface area contributed by atoms with Crippen molar-refractivity contribution in [2.45, 2.75) is 39.0 Å². The third-order valence-corrected chi connectivity index (χ3v) is 5.54. The number of hydrogen-bond donors (Lipinski definition) is 1. The Kier molecular flexibility index (Phi) is 5.77. The molecular weight excluding hydrogens is 328 g/mol. The summed E-state index contributed by atoms with van der Waals surface area (Å²) < 4.78 is 5.18. The molecule has 1 N–H and O–H groups in total. The number of nitrogens with one attached hydrogen (secondary N) is 1. The molecule has 5 heteroatoms. The molecule has 1 aromatic rings. The molecule has 1 saturated heterocycles. The molecule has 1 unspecified atom stereocenters. The summed E-state index contributed by atoms with van der Waals surface area (Å²) in [5.41, 5.74) is 2.70. The molecule has 2 amide bonds. The maximum atomic E-state index is 12.6. The highest BCUT2D eigenvalue weighted by Crippen LogP contribution is 2.46. The molecule has 1 aliphatic carbocycles. The van der Waals surface area contributed by atoms with Crippen LogP contribution in [-0.2, 0) is 9.53 Å². The van der Waals surface area contributed by atoms with Crippen LogP contribution in [0, 0.1) is 12.3 Å². The summed E-state index contributed by atoms with van der Waals surface area (Å²) in [6.07, 6.45) is 6.60. The molecule has 1 heterocycles. The summed E-state index contributed by atoms with van der Waals surface area (Å²) in [5.74, 6) is 0.115. The van der Waals surface area contributed by atoms with Gasteiger partial charge in [-0.3, -0.25) is 9.59 Å². The number of nitrogens with zero attached hydrogens (tertiary/aromatic N) is 1. The second-order valence-corrected chi connectivity index (χ2v) is 7.35. The van der Waals surface area contributed by atoms with E-state index in [1.807, 2.05) is 36.1 Å². The minimum absolute atomic E-state index is 0.0478. The van der Waals surface area contributed by atoms with E-state index in [0.717, 1.165) is 36.9 Å². The lowest BCUT2D eigenvalue weighted by Gasteiger charge is -2.47. The van der Waals surface area contributed by atoms with E-state index in [0.29, 0.717) is 31.7 Å². The maximum absolute atomic E-state index is 12.6. The standard InChI is InChI=1S/C21H28N2O3/c1-16-6-5-7-17(14-16)20(25)22-15-21-10-4-3-8-18(21)23(12-13-26-2)19(24)9-11-21/h5-8,14H,3-4,9-13,15H2,1-2H3,(H,22,25). The molecule has 140 valence electrons. The minimum Gasteiger partial charge on any atom is -0.383 e. The minimum atomic E-state index is -0.139. The van der Waals surface area contributed by atoms with Gasteiger partial charge in [-0.25, -0.2) is 0 Å². The van der Waals surface area contributed by atoms with Crippen molar-refractivity contribution in [2.24, 2.45) is 5.41 Å². The van der Waals surface area contributed by atoms with Gasteiger partial charge in [-0.05, 0) is 44.7 Å². The Bertz CT molecular complexity index is 713. The fourth-order valence-electron chi connectivity index (χ4n) is 4.12. The number of likely N-dealkylation sites (tertiary alicyclic amines) is 1. The quantitative estimate of drug-likeness (QED) is 0.852. The molecule has 2 aliphatic rings. The first-order chi connectivity index (χ1) is 12.6. The third-order valence-electron chi connectivity index (χ3n) is 5.54. The van der Waals surface area contributed by atoms with Crippen LogP contribution in [0.4, 0.5) is 0 Å². The summed E-state index contributed by atoms with van der Waals surface area (Å²) in [6, 6.07) is 7.63. The molecule has 1 fully saturated rings. The van der Waals surface area contributed by atoms with Gasteiger partial charge < -0.3 is 15.0 Å². The Morgan fingerprint density at radius 3 is 2.96 bits per heavy atom. The molecule has 3 rings (SSSR count). The molecule has 0 saturated carbocycles. The number of rotatable bonds is 6. The van der Waals surface area contributed by atoms with Gasteiger partial charge in [0.25, 0.3) is 5.91 Å². The average Bonchev–Trinajstić information content (AvgIpc) is 2.65. The van der Waals surface area contributed by atoms with Gasteiger partial charge in [-0.15, -0.1) is 0 Å². The predicted octanol–water partition coefficient (Wildman–Crippen LogP) is 3.05. The van der Waals surface area contributed by atoms with Crippen molar-refractivity contribution in [1.29, 1.82) is 0 Å². The monoisotopic (exact) mass is 356 g/mol. The zero-order valence-electron chi connectivity index (χ0n) is 15.7. The normalized spacial score (nSPS) is 22.6. The van der Waals surface area contributed by atoms with Gasteiger partial charge in [0.1, 0.15) is 0 Å². The fourth-order valence-corrected chi connectivity index (χ4v) is 4.12. The number of methoxy groups -OCH3 is 1. The van der Waals surface area contributed by atoms with E-state index in [-0.39, 0.29) is 17.2 Å². The Labute approximate surface area is 155 Å². The first-order valence-electron chi connectivity index (χ1n) is 9.40. The lowest BCUT2D eigenvalue weighted by Crippen LogP contribution is -2.51. The molecule has 0 bridgehead atoms. The van der Waals surface area contributed by atoms with Crippen LogP contribution in [0.25, 0.3) is 0 Å². The number of fused-ring (bicyclic) bond motifs is 1. The number of hydrogen-bond acceptors (Lipinski definition) is 3.